The summed E-state index contributed by atoms with van der Waals surface area (Å²) in [7, 11) is 0. The fraction of sp³-hybridized carbons (Fsp3) is 0.364. The van der Waals surface area contributed by atoms with Gasteiger partial charge in [-0.25, -0.2) is 4.68 Å². The topological polar surface area (TPSA) is 119 Å². The Morgan fingerprint density at radius 2 is 2.00 bits per heavy atom. The van der Waals surface area contributed by atoms with Crippen LogP contribution in [-0.2, 0) is 37.3 Å². The van der Waals surface area contributed by atoms with E-state index in [0.717, 1.165) is 28.1 Å². The van der Waals surface area contributed by atoms with E-state index in [0.29, 0.717) is 42.2 Å². The molecule has 2 heterocycles. The van der Waals surface area contributed by atoms with Crippen LogP contribution in [0.1, 0.15) is 39.2 Å². The lowest BCUT2D eigenvalue weighted by Crippen LogP contribution is -2.32. The van der Waals surface area contributed by atoms with Gasteiger partial charge in [0.25, 0.3) is 5.56 Å². The number of benzene rings is 1. The van der Waals surface area contributed by atoms with Crippen LogP contribution in [0.25, 0.3) is 0 Å². The summed E-state index contributed by atoms with van der Waals surface area (Å²) in [5.74, 6) is -0.248. The molecule has 0 saturated carbocycles. The molecule has 0 aliphatic rings. The van der Waals surface area contributed by atoms with Crippen LogP contribution < -0.4 is 16.6 Å². The van der Waals surface area contributed by atoms with Crippen molar-refractivity contribution in [1.29, 1.82) is 0 Å². The summed E-state index contributed by atoms with van der Waals surface area (Å²) < 4.78 is 1.41. The summed E-state index contributed by atoms with van der Waals surface area (Å²) in [5.41, 5.74) is 11.4. The van der Waals surface area contributed by atoms with Gasteiger partial charge in [0, 0.05) is 35.9 Å². The molecule has 0 saturated heterocycles. The van der Waals surface area contributed by atoms with Gasteiger partial charge in [0.05, 0.1) is 18.3 Å². The molecule has 1 amide bonds. The number of hydrogen-bond acceptors (Lipinski definition) is 5. The minimum absolute atomic E-state index is 0.0184. The van der Waals surface area contributed by atoms with E-state index in [2.05, 4.69) is 20.6 Å². The highest BCUT2D eigenvalue weighted by molar-refractivity contribution is 6.30. The molecule has 0 aliphatic carbocycles. The van der Waals surface area contributed by atoms with Gasteiger partial charge in [-0.3, -0.25) is 14.7 Å². The van der Waals surface area contributed by atoms with Crippen molar-refractivity contribution in [3.63, 3.8) is 0 Å². The highest BCUT2D eigenvalue weighted by atomic mass is 35.5. The summed E-state index contributed by atoms with van der Waals surface area (Å²) in [6.45, 7) is 6.73. The smallest absolute Gasteiger partial charge is 0.270 e. The molecule has 4 N–H and O–H groups in total. The zero-order chi connectivity index (χ0) is 22.5. The number of aromatic nitrogens is 4. The van der Waals surface area contributed by atoms with Gasteiger partial charge in [-0.2, -0.15) is 10.2 Å². The lowest BCUT2D eigenvalue weighted by molar-refractivity contribution is -0.120. The fourth-order valence-electron chi connectivity index (χ4n) is 3.52. The number of halogens is 1. The molecule has 31 heavy (non-hydrogen) atoms. The van der Waals surface area contributed by atoms with Gasteiger partial charge in [0.1, 0.15) is 0 Å². The highest BCUT2D eigenvalue weighted by Crippen LogP contribution is 2.16. The number of H-pyrrole nitrogens is 1. The Morgan fingerprint density at radius 3 is 2.68 bits per heavy atom. The largest absolute Gasteiger partial charge is 0.352 e. The third-order valence-electron chi connectivity index (χ3n) is 5.42. The SMILES string of the molecule is Cc1cnn(CCc2c(C)n[nH]c2C)c(=O)c1CC(=O)NCc1cc(Cl)ccc1CN. The Bertz CT molecular complexity index is 1130. The van der Waals surface area contributed by atoms with Crippen LogP contribution in [-0.4, -0.2) is 25.9 Å². The number of rotatable bonds is 8. The number of carbonyl (C=O) groups excluding carboxylic acids is 1. The van der Waals surface area contributed by atoms with Crippen LogP contribution in [0.3, 0.4) is 0 Å². The lowest BCUT2D eigenvalue weighted by Gasteiger charge is -2.12. The zero-order valence-corrected chi connectivity index (χ0v) is 18.7. The van der Waals surface area contributed by atoms with E-state index in [1.165, 1.54) is 4.68 Å². The normalized spacial score (nSPS) is 11.0. The van der Waals surface area contributed by atoms with Gasteiger partial charge in [0.2, 0.25) is 5.91 Å². The van der Waals surface area contributed by atoms with Crippen molar-refractivity contribution in [2.75, 3.05) is 0 Å². The quantitative estimate of drug-likeness (QED) is 0.493. The van der Waals surface area contributed by atoms with Crippen molar-refractivity contribution in [2.24, 2.45) is 5.73 Å². The summed E-state index contributed by atoms with van der Waals surface area (Å²) in [5, 5.41) is 14.8. The second-order valence-electron chi connectivity index (χ2n) is 7.57. The molecule has 2 aromatic heterocycles. The molecule has 0 unspecified atom stereocenters. The van der Waals surface area contributed by atoms with Gasteiger partial charge < -0.3 is 11.1 Å². The van der Waals surface area contributed by atoms with Crippen LogP contribution in [0.15, 0.2) is 29.2 Å². The van der Waals surface area contributed by atoms with Crippen LogP contribution in [0.4, 0.5) is 0 Å². The maximum atomic E-state index is 12.9. The zero-order valence-electron chi connectivity index (χ0n) is 18.0. The molecule has 164 valence electrons. The van der Waals surface area contributed by atoms with Crippen molar-refractivity contribution in [3.8, 4) is 0 Å². The number of nitrogens with zero attached hydrogens (tertiary/aromatic N) is 3. The first-order chi connectivity index (χ1) is 14.8. The van der Waals surface area contributed by atoms with Crippen LogP contribution in [0, 0.1) is 20.8 Å². The third kappa shape index (κ3) is 5.39. The molecule has 0 spiro atoms. The van der Waals surface area contributed by atoms with Crippen molar-refractivity contribution >= 4 is 17.5 Å². The van der Waals surface area contributed by atoms with Crippen LogP contribution >= 0.6 is 11.6 Å². The predicted molar refractivity (Wildman–Crippen MR) is 120 cm³/mol. The summed E-state index contributed by atoms with van der Waals surface area (Å²) in [6.07, 6.45) is 2.24. The Morgan fingerprint density at radius 1 is 1.23 bits per heavy atom. The van der Waals surface area contributed by atoms with Crippen molar-refractivity contribution < 1.29 is 4.79 Å². The first kappa shape index (κ1) is 22.7. The second kappa shape index (κ2) is 9.89. The maximum Gasteiger partial charge on any atom is 0.270 e. The number of nitrogens with one attached hydrogen (secondary N) is 2. The Kier molecular flexibility index (Phi) is 7.25. The number of hydrogen-bond donors (Lipinski definition) is 3. The minimum atomic E-state index is -0.251. The molecule has 0 radical (unpaired) electrons. The monoisotopic (exact) mass is 442 g/mol. The van der Waals surface area contributed by atoms with E-state index in [4.69, 9.17) is 17.3 Å². The highest BCUT2D eigenvalue weighted by Gasteiger charge is 2.15. The molecule has 0 fully saturated rings. The third-order valence-corrected chi connectivity index (χ3v) is 5.65. The summed E-state index contributed by atoms with van der Waals surface area (Å²) in [6, 6.07) is 5.40. The first-order valence-corrected chi connectivity index (χ1v) is 10.5. The van der Waals surface area contributed by atoms with Crippen molar-refractivity contribution in [1.82, 2.24) is 25.3 Å². The van der Waals surface area contributed by atoms with Gasteiger partial charge >= 0.3 is 0 Å². The average Bonchev–Trinajstić information content (AvgIpc) is 3.06. The van der Waals surface area contributed by atoms with Gasteiger partial charge in [-0.05, 0) is 61.6 Å². The molecule has 0 atom stereocenters. The summed E-state index contributed by atoms with van der Waals surface area (Å²) >= 11 is 6.05. The molecule has 0 aliphatic heterocycles. The molecule has 0 bridgehead atoms. The lowest BCUT2D eigenvalue weighted by atomic mass is 10.1. The van der Waals surface area contributed by atoms with Gasteiger partial charge in [-0.1, -0.05) is 17.7 Å². The standard InChI is InChI=1S/C22H27ClN6O2/c1-13-11-26-29(7-6-19-14(2)27-28-15(19)3)22(31)20(13)9-21(30)25-12-17-8-18(23)5-4-16(17)10-24/h4-5,8,11H,6-7,9-10,12,24H2,1-3H3,(H,25,30)(H,27,28). The molecule has 3 aromatic rings. The second-order valence-corrected chi connectivity index (χ2v) is 8.00. The van der Waals surface area contributed by atoms with E-state index >= 15 is 0 Å². The Balaban J connectivity index is 1.70. The number of amides is 1. The molecule has 3 rings (SSSR count). The summed E-state index contributed by atoms with van der Waals surface area (Å²) in [4.78, 5) is 25.5. The van der Waals surface area contributed by atoms with E-state index in [-0.39, 0.29) is 17.9 Å². The van der Waals surface area contributed by atoms with Crippen LogP contribution in [0.2, 0.25) is 5.02 Å². The number of aromatic amines is 1. The Hall–Kier alpha value is -2.97. The number of carbonyl (C=O) groups is 1. The van der Waals surface area contributed by atoms with Crippen molar-refractivity contribution in [2.45, 2.75) is 53.2 Å². The maximum absolute atomic E-state index is 12.9. The van der Waals surface area contributed by atoms with Crippen molar-refractivity contribution in [3.05, 3.63) is 79.0 Å². The predicted octanol–water partition coefficient (Wildman–Crippen LogP) is 2.11. The number of aryl methyl sites for hydroxylation is 4. The molecule has 9 heteroatoms. The Labute approximate surface area is 185 Å². The van der Waals surface area contributed by atoms with E-state index < -0.39 is 0 Å². The van der Waals surface area contributed by atoms with E-state index in [1.54, 1.807) is 25.3 Å². The van der Waals surface area contributed by atoms with Gasteiger partial charge in [-0.15, -0.1) is 0 Å². The molecule has 8 nitrogen and oxygen atoms in total. The van der Waals surface area contributed by atoms with Crippen LogP contribution in [0.5, 0.6) is 0 Å². The molecule has 1 aromatic carbocycles. The number of nitrogens with two attached hydrogens (primary N) is 1. The average molecular weight is 443 g/mol. The fourth-order valence-corrected chi connectivity index (χ4v) is 3.72. The van der Waals surface area contributed by atoms with E-state index in [9.17, 15) is 9.59 Å². The van der Waals surface area contributed by atoms with Gasteiger partial charge in [0.15, 0.2) is 0 Å². The molecular formula is C22H27ClN6O2. The minimum Gasteiger partial charge on any atom is -0.352 e. The van der Waals surface area contributed by atoms with E-state index in [1.807, 2.05) is 19.9 Å². The molecular weight excluding hydrogens is 416 g/mol. The first-order valence-electron chi connectivity index (χ1n) is 10.1.